The van der Waals surface area contributed by atoms with Crippen molar-refractivity contribution in [2.24, 2.45) is 0 Å². The summed E-state index contributed by atoms with van der Waals surface area (Å²) >= 11 is 0. The van der Waals surface area contributed by atoms with Crippen LogP contribution in [0.2, 0.25) is 0 Å². The van der Waals surface area contributed by atoms with Crippen LogP contribution in [0, 0.1) is 0 Å². The Morgan fingerprint density at radius 1 is 1.71 bits per heavy atom. The molecule has 0 heterocycles. The minimum absolute atomic E-state index is 0. The Morgan fingerprint density at radius 3 is 2.14 bits per heavy atom. The summed E-state index contributed by atoms with van der Waals surface area (Å²) in [6.07, 6.45) is 0. The highest BCUT2D eigenvalue weighted by Crippen LogP contribution is 1.69. The Hall–Kier alpha value is 0.236. The molecule has 0 spiro atoms. The number of hydrogen-bond donors (Lipinski definition) is 0. The first-order valence-electron chi connectivity index (χ1n) is 1.90. The van der Waals surface area contributed by atoms with Crippen LogP contribution >= 0.6 is 0 Å². The first kappa shape index (κ1) is 10.3. The lowest BCUT2D eigenvalue weighted by Crippen LogP contribution is -1.95. The minimum Gasteiger partial charge on any atom is -0.466 e. The third-order valence-electron chi connectivity index (χ3n) is 0.348. The largest absolute Gasteiger partial charge is 0.466 e. The van der Waals surface area contributed by atoms with Crippen molar-refractivity contribution in [3.05, 3.63) is 0 Å². The predicted molar refractivity (Wildman–Crippen MR) is 30.9 cm³/mol. The summed E-state index contributed by atoms with van der Waals surface area (Å²) in [4.78, 5) is 9.82. The van der Waals surface area contributed by atoms with E-state index in [2.05, 4.69) is 4.74 Å². The van der Waals surface area contributed by atoms with E-state index in [0.29, 0.717) is 6.61 Å². The lowest BCUT2D eigenvalue weighted by molar-refractivity contribution is -0.140. The lowest BCUT2D eigenvalue weighted by atomic mass is 10.8. The van der Waals surface area contributed by atoms with E-state index < -0.39 is 0 Å². The molecular formula is C4H10MgO2. The molecule has 0 bridgehead atoms. The molecule has 0 aromatic carbocycles. The van der Waals surface area contributed by atoms with Gasteiger partial charge in [-0.05, 0) is 6.92 Å². The summed E-state index contributed by atoms with van der Waals surface area (Å²) in [5.74, 6) is -0.211. The quantitative estimate of drug-likeness (QED) is 0.344. The van der Waals surface area contributed by atoms with Gasteiger partial charge in [-0.25, -0.2) is 0 Å². The van der Waals surface area contributed by atoms with Crippen molar-refractivity contribution in [1.29, 1.82) is 0 Å². The van der Waals surface area contributed by atoms with Gasteiger partial charge in [-0.1, -0.05) is 0 Å². The fourth-order valence-corrected chi connectivity index (χ4v) is 0.203. The van der Waals surface area contributed by atoms with Crippen molar-refractivity contribution in [3.8, 4) is 0 Å². The molecule has 0 fully saturated rings. The summed E-state index contributed by atoms with van der Waals surface area (Å²) in [7, 11) is 0. The van der Waals surface area contributed by atoms with Gasteiger partial charge in [0.2, 0.25) is 0 Å². The molecule has 0 aliphatic carbocycles. The summed E-state index contributed by atoms with van der Waals surface area (Å²) in [6, 6.07) is 0. The first-order valence-corrected chi connectivity index (χ1v) is 1.90. The Kier molecular flexibility index (Phi) is 9.14. The highest BCUT2D eigenvalue weighted by atomic mass is 24.3. The van der Waals surface area contributed by atoms with Gasteiger partial charge < -0.3 is 4.74 Å². The van der Waals surface area contributed by atoms with Crippen molar-refractivity contribution in [2.75, 3.05) is 6.61 Å². The lowest BCUT2D eigenvalue weighted by Gasteiger charge is -1.89. The van der Waals surface area contributed by atoms with Crippen LogP contribution in [-0.2, 0) is 9.53 Å². The average molecular weight is 114 g/mol. The second kappa shape index (κ2) is 6.24. The molecule has 0 radical (unpaired) electrons. The maximum atomic E-state index is 9.82. The van der Waals surface area contributed by atoms with Crippen LogP contribution < -0.4 is 0 Å². The third kappa shape index (κ3) is 10.7. The second-order valence-corrected chi connectivity index (χ2v) is 0.925. The number of hydrogen-bond acceptors (Lipinski definition) is 2. The van der Waals surface area contributed by atoms with Crippen molar-refractivity contribution >= 4 is 29.0 Å². The number of rotatable bonds is 1. The SMILES string of the molecule is CCOC(C)=O.[MgH2]. The second-order valence-electron chi connectivity index (χ2n) is 0.925. The standard InChI is InChI=1S/C4H8O2.Mg.2H/c1-3-6-4(2)5;;;/h3H2,1-2H3;;;. The van der Waals surface area contributed by atoms with Gasteiger partial charge in [0, 0.05) is 6.92 Å². The van der Waals surface area contributed by atoms with Gasteiger partial charge in [-0.3, -0.25) is 4.79 Å². The molecule has 0 atom stereocenters. The summed E-state index contributed by atoms with van der Waals surface area (Å²) < 4.78 is 4.40. The predicted octanol–water partition coefficient (Wildman–Crippen LogP) is -0.347. The molecular weight excluding hydrogens is 104 g/mol. The zero-order valence-corrected chi connectivity index (χ0v) is 4.02. The van der Waals surface area contributed by atoms with Gasteiger partial charge in [0.1, 0.15) is 0 Å². The summed E-state index contributed by atoms with van der Waals surface area (Å²) in [5.41, 5.74) is 0. The number of esters is 1. The molecule has 0 aliphatic rings. The van der Waals surface area contributed by atoms with Crippen LogP contribution in [0.1, 0.15) is 13.8 Å². The van der Waals surface area contributed by atoms with Crippen molar-refractivity contribution in [1.82, 2.24) is 0 Å². The van der Waals surface area contributed by atoms with Gasteiger partial charge in [0.05, 0.1) is 6.61 Å². The van der Waals surface area contributed by atoms with Crippen LogP contribution in [-0.4, -0.2) is 35.6 Å². The minimum atomic E-state index is -0.211. The van der Waals surface area contributed by atoms with E-state index in [1.54, 1.807) is 6.92 Å². The molecule has 0 saturated carbocycles. The zero-order chi connectivity index (χ0) is 4.99. The average Bonchev–Trinajstić information content (AvgIpc) is 1.35. The Labute approximate surface area is 59.4 Å². The Bertz CT molecular complexity index is 53.7. The highest BCUT2D eigenvalue weighted by Gasteiger charge is 1.81. The van der Waals surface area contributed by atoms with E-state index in [-0.39, 0.29) is 29.0 Å². The topological polar surface area (TPSA) is 26.3 Å². The monoisotopic (exact) mass is 114 g/mol. The van der Waals surface area contributed by atoms with Gasteiger partial charge in [-0.2, -0.15) is 0 Å². The van der Waals surface area contributed by atoms with Crippen molar-refractivity contribution in [2.45, 2.75) is 13.8 Å². The van der Waals surface area contributed by atoms with Crippen LogP contribution in [0.25, 0.3) is 0 Å². The maximum Gasteiger partial charge on any atom is 0.316 e. The molecule has 40 valence electrons. The molecule has 0 amide bonds. The van der Waals surface area contributed by atoms with Gasteiger partial charge in [-0.15, -0.1) is 0 Å². The van der Waals surface area contributed by atoms with Crippen LogP contribution in [0.5, 0.6) is 0 Å². The Morgan fingerprint density at radius 2 is 2.14 bits per heavy atom. The van der Waals surface area contributed by atoms with E-state index in [4.69, 9.17) is 0 Å². The van der Waals surface area contributed by atoms with Gasteiger partial charge >= 0.3 is 29.0 Å². The maximum absolute atomic E-state index is 9.82. The molecule has 2 nitrogen and oxygen atoms in total. The zero-order valence-electron chi connectivity index (χ0n) is 4.02. The van der Waals surface area contributed by atoms with Crippen molar-refractivity contribution < 1.29 is 9.53 Å². The fraction of sp³-hybridized carbons (Fsp3) is 0.750. The molecule has 0 unspecified atom stereocenters. The number of carbonyl (C=O) groups excluding carboxylic acids is 1. The molecule has 7 heavy (non-hydrogen) atoms. The Balaban J connectivity index is 0. The van der Waals surface area contributed by atoms with E-state index in [9.17, 15) is 4.79 Å². The van der Waals surface area contributed by atoms with E-state index >= 15 is 0 Å². The molecule has 0 rings (SSSR count). The van der Waals surface area contributed by atoms with Crippen LogP contribution in [0.3, 0.4) is 0 Å². The molecule has 0 aromatic rings. The molecule has 3 heteroatoms. The van der Waals surface area contributed by atoms with E-state index in [1.807, 2.05) is 0 Å². The van der Waals surface area contributed by atoms with Crippen LogP contribution in [0.4, 0.5) is 0 Å². The summed E-state index contributed by atoms with van der Waals surface area (Å²) in [6.45, 7) is 3.65. The number of ether oxygens (including phenoxy) is 1. The molecule has 0 saturated heterocycles. The normalized spacial score (nSPS) is 6.57. The highest BCUT2D eigenvalue weighted by molar-refractivity contribution is 5.75. The summed E-state index contributed by atoms with van der Waals surface area (Å²) in [5, 5.41) is 0. The fourth-order valence-electron chi connectivity index (χ4n) is 0.203. The molecule has 0 N–H and O–H groups in total. The van der Waals surface area contributed by atoms with Crippen molar-refractivity contribution in [3.63, 3.8) is 0 Å². The smallest absolute Gasteiger partial charge is 0.316 e. The van der Waals surface area contributed by atoms with E-state index in [1.165, 1.54) is 6.92 Å². The van der Waals surface area contributed by atoms with Gasteiger partial charge in [0.15, 0.2) is 0 Å². The molecule has 0 aromatic heterocycles. The first-order chi connectivity index (χ1) is 2.77. The number of carbonyl (C=O) groups is 1. The van der Waals surface area contributed by atoms with Gasteiger partial charge in [0.25, 0.3) is 0 Å². The van der Waals surface area contributed by atoms with E-state index in [0.717, 1.165) is 0 Å². The third-order valence-corrected chi connectivity index (χ3v) is 0.348. The van der Waals surface area contributed by atoms with Crippen LogP contribution in [0.15, 0.2) is 0 Å². The molecule has 0 aliphatic heterocycles.